The van der Waals surface area contributed by atoms with E-state index in [-0.39, 0.29) is 0 Å². The topological polar surface area (TPSA) is 103 Å². The molecular formula is C23H24N8. The summed E-state index contributed by atoms with van der Waals surface area (Å²) in [6.07, 6.45) is 3.31. The number of fused-ring (bicyclic) bond motifs is 1. The van der Waals surface area contributed by atoms with Crippen molar-refractivity contribution in [2.75, 3.05) is 0 Å². The number of aliphatic imine (C=N–C) groups is 1. The van der Waals surface area contributed by atoms with Gasteiger partial charge in [0, 0.05) is 24.8 Å². The standard InChI is InChI=1S/C23H24N8/c1-2-29-21-19(20(24)30(22(25)28-21)14-16-9-5-3-6-10-16)27-23(29)31-15-18(13-26-31)17-11-7-4-8-12-17/h3-13,15,20H,2,14,24H2,1H3,(H2,25,28). The van der Waals surface area contributed by atoms with Gasteiger partial charge in [0.15, 0.2) is 11.8 Å². The Morgan fingerprint density at radius 3 is 2.39 bits per heavy atom. The third kappa shape index (κ3) is 3.36. The van der Waals surface area contributed by atoms with Gasteiger partial charge in [-0.3, -0.25) is 4.57 Å². The largest absolute Gasteiger partial charge is 0.369 e. The SMILES string of the molecule is CCn1c(-n2cc(-c3ccccc3)cn2)nc2c1N=C(N)N(Cc1ccccc1)C2N. The molecule has 2 aromatic heterocycles. The summed E-state index contributed by atoms with van der Waals surface area (Å²) in [6, 6.07) is 20.2. The second-order valence-corrected chi connectivity index (χ2v) is 7.43. The lowest BCUT2D eigenvalue weighted by Gasteiger charge is -2.32. The van der Waals surface area contributed by atoms with Crippen LogP contribution in [0.4, 0.5) is 5.82 Å². The molecule has 1 aliphatic rings. The Kier molecular flexibility index (Phi) is 4.76. The van der Waals surface area contributed by atoms with Crippen molar-refractivity contribution in [3.63, 3.8) is 0 Å². The Bertz CT molecular complexity index is 1220. The normalized spacial score (nSPS) is 15.6. The molecule has 4 N–H and O–H groups in total. The van der Waals surface area contributed by atoms with Crippen molar-refractivity contribution in [2.24, 2.45) is 16.5 Å². The molecule has 0 amide bonds. The van der Waals surface area contributed by atoms with Gasteiger partial charge in [-0.05, 0) is 18.1 Å². The van der Waals surface area contributed by atoms with Gasteiger partial charge in [0.2, 0.25) is 5.95 Å². The van der Waals surface area contributed by atoms with Crippen LogP contribution in [-0.4, -0.2) is 30.2 Å². The molecule has 4 aromatic rings. The van der Waals surface area contributed by atoms with E-state index in [9.17, 15) is 0 Å². The number of nitrogens with two attached hydrogens (primary N) is 2. The van der Waals surface area contributed by atoms with Gasteiger partial charge in [-0.25, -0.2) is 9.67 Å². The third-order valence-corrected chi connectivity index (χ3v) is 5.48. The second kappa shape index (κ2) is 7.73. The van der Waals surface area contributed by atoms with E-state index in [2.05, 4.69) is 22.2 Å². The van der Waals surface area contributed by atoms with E-state index >= 15 is 0 Å². The van der Waals surface area contributed by atoms with Gasteiger partial charge in [-0.1, -0.05) is 60.7 Å². The van der Waals surface area contributed by atoms with Crippen molar-refractivity contribution >= 4 is 11.8 Å². The molecule has 1 aliphatic heterocycles. The zero-order valence-electron chi connectivity index (χ0n) is 17.3. The van der Waals surface area contributed by atoms with Crippen LogP contribution in [0.1, 0.15) is 24.3 Å². The van der Waals surface area contributed by atoms with Crippen LogP contribution >= 0.6 is 0 Å². The van der Waals surface area contributed by atoms with E-state index in [0.29, 0.717) is 36.5 Å². The highest BCUT2D eigenvalue weighted by molar-refractivity contribution is 5.83. The van der Waals surface area contributed by atoms with Crippen LogP contribution in [-0.2, 0) is 13.1 Å². The molecule has 0 spiro atoms. The highest BCUT2D eigenvalue weighted by Gasteiger charge is 2.32. The zero-order chi connectivity index (χ0) is 21.4. The summed E-state index contributed by atoms with van der Waals surface area (Å²) < 4.78 is 3.76. The van der Waals surface area contributed by atoms with E-state index in [4.69, 9.17) is 16.5 Å². The minimum absolute atomic E-state index is 0.385. The molecule has 0 saturated heterocycles. The molecule has 0 aliphatic carbocycles. The van der Waals surface area contributed by atoms with E-state index in [0.717, 1.165) is 16.7 Å². The molecule has 3 heterocycles. The first-order chi connectivity index (χ1) is 15.2. The maximum Gasteiger partial charge on any atom is 0.232 e. The lowest BCUT2D eigenvalue weighted by molar-refractivity contribution is 0.302. The smallest absolute Gasteiger partial charge is 0.232 e. The minimum Gasteiger partial charge on any atom is -0.369 e. The molecular weight excluding hydrogens is 388 g/mol. The summed E-state index contributed by atoms with van der Waals surface area (Å²) >= 11 is 0. The number of hydrogen-bond donors (Lipinski definition) is 2. The molecule has 8 nitrogen and oxygen atoms in total. The number of imidazole rings is 1. The third-order valence-electron chi connectivity index (χ3n) is 5.48. The number of nitrogens with zero attached hydrogens (tertiary/aromatic N) is 6. The summed E-state index contributed by atoms with van der Waals surface area (Å²) in [5.41, 5.74) is 16.8. The lowest BCUT2D eigenvalue weighted by atomic mass is 10.1. The van der Waals surface area contributed by atoms with Crippen LogP contribution < -0.4 is 11.5 Å². The minimum atomic E-state index is -0.497. The van der Waals surface area contributed by atoms with Crippen LogP contribution in [0.2, 0.25) is 0 Å². The van der Waals surface area contributed by atoms with Gasteiger partial charge in [0.05, 0.1) is 6.20 Å². The molecule has 0 bridgehead atoms. The van der Waals surface area contributed by atoms with Crippen LogP contribution in [0.15, 0.2) is 78.0 Å². The van der Waals surface area contributed by atoms with Crippen molar-refractivity contribution in [1.29, 1.82) is 0 Å². The van der Waals surface area contributed by atoms with Gasteiger partial charge in [-0.2, -0.15) is 10.1 Å². The van der Waals surface area contributed by atoms with Gasteiger partial charge in [0.25, 0.3) is 0 Å². The second-order valence-electron chi connectivity index (χ2n) is 7.43. The van der Waals surface area contributed by atoms with Crippen molar-refractivity contribution in [2.45, 2.75) is 26.2 Å². The number of hydrogen-bond acceptors (Lipinski definition) is 6. The van der Waals surface area contributed by atoms with Crippen LogP contribution in [0.3, 0.4) is 0 Å². The summed E-state index contributed by atoms with van der Waals surface area (Å²) in [4.78, 5) is 11.4. The fourth-order valence-electron chi connectivity index (χ4n) is 3.87. The molecule has 1 atom stereocenters. The summed E-state index contributed by atoms with van der Waals surface area (Å²) in [7, 11) is 0. The maximum absolute atomic E-state index is 6.60. The molecule has 0 saturated carbocycles. The Balaban J connectivity index is 1.52. The predicted octanol–water partition coefficient (Wildman–Crippen LogP) is 3.18. The molecule has 31 heavy (non-hydrogen) atoms. The molecule has 0 radical (unpaired) electrons. The Hall–Kier alpha value is -3.91. The Labute approximate surface area is 180 Å². The average molecular weight is 413 g/mol. The lowest BCUT2D eigenvalue weighted by Crippen LogP contribution is -2.45. The highest BCUT2D eigenvalue weighted by atomic mass is 15.4. The number of benzene rings is 2. The molecule has 2 aromatic carbocycles. The number of aromatic nitrogens is 4. The first-order valence-corrected chi connectivity index (χ1v) is 10.3. The number of guanidine groups is 1. The zero-order valence-corrected chi connectivity index (χ0v) is 17.3. The van der Waals surface area contributed by atoms with Crippen molar-refractivity contribution in [1.82, 2.24) is 24.2 Å². The summed E-state index contributed by atoms with van der Waals surface area (Å²) in [5, 5.41) is 4.54. The molecule has 156 valence electrons. The Morgan fingerprint density at radius 1 is 0.968 bits per heavy atom. The van der Waals surface area contributed by atoms with Crippen LogP contribution in [0.5, 0.6) is 0 Å². The highest BCUT2D eigenvalue weighted by Crippen LogP contribution is 2.34. The first kappa shape index (κ1) is 19.1. The van der Waals surface area contributed by atoms with Crippen LogP contribution in [0, 0.1) is 0 Å². The molecule has 1 unspecified atom stereocenters. The van der Waals surface area contributed by atoms with E-state index in [1.54, 1.807) is 4.68 Å². The summed E-state index contributed by atoms with van der Waals surface area (Å²) in [6.45, 7) is 3.27. The fourth-order valence-corrected chi connectivity index (χ4v) is 3.87. The van der Waals surface area contributed by atoms with Crippen LogP contribution in [0.25, 0.3) is 17.1 Å². The molecule has 0 fully saturated rings. The fraction of sp³-hybridized carbons (Fsp3) is 0.174. The maximum atomic E-state index is 6.60. The first-order valence-electron chi connectivity index (χ1n) is 10.3. The van der Waals surface area contributed by atoms with Crippen molar-refractivity contribution in [3.05, 3.63) is 84.3 Å². The predicted molar refractivity (Wildman–Crippen MR) is 121 cm³/mol. The van der Waals surface area contributed by atoms with E-state index in [1.165, 1.54) is 0 Å². The summed E-state index contributed by atoms with van der Waals surface area (Å²) in [5.74, 6) is 1.74. The van der Waals surface area contributed by atoms with Crippen molar-refractivity contribution < 1.29 is 0 Å². The van der Waals surface area contributed by atoms with E-state index in [1.807, 2.05) is 77.3 Å². The molecule has 8 heteroatoms. The Morgan fingerprint density at radius 2 is 1.68 bits per heavy atom. The van der Waals surface area contributed by atoms with Gasteiger partial charge < -0.3 is 16.4 Å². The van der Waals surface area contributed by atoms with Crippen molar-refractivity contribution in [3.8, 4) is 17.1 Å². The number of rotatable bonds is 5. The molecule has 5 rings (SSSR count). The van der Waals surface area contributed by atoms with Gasteiger partial charge in [-0.15, -0.1) is 0 Å². The average Bonchev–Trinajstić information content (AvgIpc) is 3.43. The van der Waals surface area contributed by atoms with Gasteiger partial charge >= 0.3 is 0 Å². The quantitative estimate of drug-likeness (QED) is 0.524. The van der Waals surface area contributed by atoms with E-state index < -0.39 is 6.17 Å². The van der Waals surface area contributed by atoms with Gasteiger partial charge in [0.1, 0.15) is 11.9 Å². The monoisotopic (exact) mass is 412 g/mol.